The van der Waals surface area contributed by atoms with Crippen LogP contribution in [-0.2, 0) is 19.5 Å². The SMILES string of the molecule is CN=C(NCc1ccc(N2CCN(C)CC2)nc1)N1CCc2ccccc2C1. The molecule has 1 aromatic heterocycles. The Labute approximate surface area is 167 Å². The lowest BCUT2D eigenvalue weighted by Crippen LogP contribution is -2.44. The van der Waals surface area contributed by atoms with Crippen LogP contribution in [0.25, 0.3) is 0 Å². The van der Waals surface area contributed by atoms with E-state index in [4.69, 9.17) is 0 Å². The Bertz CT molecular complexity index is 808. The minimum Gasteiger partial charge on any atom is -0.354 e. The fraction of sp³-hybridized carbons (Fsp3) is 0.455. The number of rotatable bonds is 3. The van der Waals surface area contributed by atoms with E-state index in [1.807, 2.05) is 13.2 Å². The molecule has 28 heavy (non-hydrogen) atoms. The minimum absolute atomic E-state index is 0.737. The van der Waals surface area contributed by atoms with Crippen molar-refractivity contribution in [2.45, 2.75) is 19.5 Å². The summed E-state index contributed by atoms with van der Waals surface area (Å²) in [4.78, 5) is 16.2. The van der Waals surface area contributed by atoms with Crippen LogP contribution in [0.5, 0.6) is 0 Å². The monoisotopic (exact) mass is 378 g/mol. The molecule has 6 heteroatoms. The molecule has 2 aliphatic heterocycles. The molecular weight excluding hydrogens is 348 g/mol. The lowest BCUT2D eigenvalue weighted by Gasteiger charge is -2.33. The maximum atomic E-state index is 4.69. The van der Waals surface area contributed by atoms with Gasteiger partial charge in [-0.15, -0.1) is 0 Å². The zero-order chi connectivity index (χ0) is 19.3. The van der Waals surface area contributed by atoms with E-state index in [0.29, 0.717) is 0 Å². The molecule has 0 saturated carbocycles. The molecule has 2 aromatic rings. The second kappa shape index (κ2) is 8.61. The van der Waals surface area contributed by atoms with E-state index in [1.165, 1.54) is 16.7 Å². The van der Waals surface area contributed by atoms with Crippen molar-refractivity contribution in [2.75, 3.05) is 51.7 Å². The van der Waals surface area contributed by atoms with Gasteiger partial charge >= 0.3 is 0 Å². The van der Waals surface area contributed by atoms with Crippen molar-refractivity contribution in [3.8, 4) is 0 Å². The summed E-state index contributed by atoms with van der Waals surface area (Å²) in [6, 6.07) is 13.0. The number of fused-ring (bicyclic) bond motifs is 1. The highest BCUT2D eigenvalue weighted by Crippen LogP contribution is 2.18. The number of piperazine rings is 1. The zero-order valence-corrected chi connectivity index (χ0v) is 16.9. The Hall–Kier alpha value is -2.60. The Morgan fingerprint density at radius 3 is 2.54 bits per heavy atom. The summed E-state index contributed by atoms with van der Waals surface area (Å²) in [5.41, 5.74) is 4.03. The van der Waals surface area contributed by atoms with Gasteiger partial charge < -0.3 is 20.0 Å². The first-order valence-electron chi connectivity index (χ1n) is 10.1. The minimum atomic E-state index is 0.737. The molecule has 3 heterocycles. The van der Waals surface area contributed by atoms with Crippen LogP contribution in [-0.4, -0.2) is 67.6 Å². The van der Waals surface area contributed by atoms with Crippen LogP contribution in [0.2, 0.25) is 0 Å². The van der Waals surface area contributed by atoms with E-state index >= 15 is 0 Å². The summed E-state index contributed by atoms with van der Waals surface area (Å²) in [6.45, 7) is 6.93. The summed E-state index contributed by atoms with van der Waals surface area (Å²) in [5.74, 6) is 2.03. The van der Waals surface area contributed by atoms with Crippen LogP contribution in [0, 0.1) is 0 Å². The van der Waals surface area contributed by atoms with Crippen molar-refractivity contribution in [3.05, 3.63) is 59.3 Å². The van der Waals surface area contributed by atoms with Crippen molar-refractivity contribution in [1.82, 2.24) is 20.1 Å². The Morgan fingerprint density at radius 2 is 1.82 bits per heavy atom. The van der Waals surface area contributed by atoms with Crippen LogP contribution >= 0.6 is 0 Å². The van der Waals surface area contributed by atoms with Gasteiger partial charge in [-0.05, 0) is 36.2 Å². The van der Waals surface area contributed by atoms with Gasteiger partial charge in [-0.1, -0.05) is 30.3 Å². The Balaban J connectivity index is 1.33. The predicted octanol–water partition coefficient (Wildman–Crippen LogP) is 1.97. The van der Waals surface area contributed by atoms with Crippen molar-refractivity contribution >= 4 is 11.8 Å². The molecule has 1 N–H and O–H groups in total. The van der Waals surface area contributed by atoms with Crippen molar-refractivity contribution in [3.63, 3.8) is 0 Å². The number of hydrogen-bond donors (Lipinski definition) is 1. The summed E-state index contributed by atoms with van der Waals surface area (Å²) in [5, 5.41) is 3.51. The van der Waals surface area contributed by atoms with E-state index in [2.05, 4.69) is 73.4 Å². The molecule has 0 spiro atoms. The molecule has 1 fully saturated rings. The van der Waals surface area contributed by atoms with Crippen molar-refractivity contribution in [2.24, 2.45) is 4.99 Å². The number of pyridine rings is 1. The van der Waals surface area contributed by atoms with Crippen LogP contribution in [0.4, 0.5) is 5.82 Å². The van der Waals surface area contributed by atoms with Gasteiger partial charge in [-0.3, -0.25) is 4.99 Å². The number of aliphatic imine (C=N–C) groups is 1. The standard InChI is InChI=1S/C22H30N6/c1-23-22(28-10-9-19-5-3-4-6-20(19)17-28)25-16-18-7-8-21(24-15-18)27-13-11-26(2)12-14-27/h3-8,15H,9-14,16-17H2,1-2H3,(H,23,25). The highest BCUT2D eigenvalue weighted by atomic mass is 15.3. The maximum Gasteiger partial charge on any atom is 0.194 e. The second-order valence-electron chi connectivity index (χ2n) is 7.66. The van der Waals surface area contributed by atoms with Gasteiger partial charge in [0.15, 0.2) is 5.96 Å². The molecule has 1 saturated heterocycles. The van der Waals surface area contributed by atoms with Crippen LogP contribution < -0.4 is 10.2 Å². The molecule has 4 rings (SSSR count). The van der Waals surface area contributed by atoms with E-state index in [-0.39, 0.29) is 0 Å². The lowest BCUT2D eigenvalue weighted by atomic mass is 10.0. The first kappa shape index (κ1) is 18.7. The molecule has 0 atom stereocenters. The molecule has 148 valence electrons. The number of hydrogen-bond acceptors (Lipinski definition) is 4. The average Bonchev–Trinajstić information content (AvgIpc) is 2.75. The predicted molar refractivity (Wildman–Crippen MR) is 115 cm³/mol. The highest BCUT2D eigenvalue weighted by molar-refractivity contribution is 5.80. The lowest BCUT2D eigenvalue weighted by molar-refractivity contribution is 0.312. The molecular formula is C22H30N6. The van der Waals surface area contributed by atoms with Gasteiger partial charge in [0, 0.05) is 59.1 Å². The zero-order valence-electron chi connectivity index (χ0n) is 16.9. The molecule has 6 nitrogen and oxygen atoms in total. The molecule has 0 radical (unpaired) electrons. The quantitative estimate of drug-likeness (QED) is 0.654. The van der Waals surface area contributed by atoms with Crippen LogP contribution in [0.15, 0.2) is 47.6 Å². The first-order valence-corrected chi connectivity index (χ1v) is 10.1. The number of likely N-dealkylation sites (N-methyl/N-ethyl adjacent to an activating group) is 1. The van der Waals surface area contributed by atoms with Crippen LogP contribution in [0.3, 0.4) is 0 Å². The Kier molecular flexibility index (Phi) is 5.76. The summed E-state index contributed by atoms with van der Waals surface area (Å²) in [7, 11) is 4.03. The van der Waals surface area contributed by atoms with Crippen LogP contribution in [0.1, 0.15) is 16.7 Å². The number of anilines is 1. The highest BCUT2D eigenvalue weighted by Gasteiger charge is 2.19. The number of guanidine groups is 1. The molecule has 0 aliphatic carbocycles. The normalized spacial score (nSPS) is 18.1. The van der Waals surface area contributed by atoms with Gasteiger partial charge in [0.25, 0.3) is 0 Å². The maximum absolute atomic E-state index is 4.69. The van der Waals surface area contributed by atoms with Gasteiger partial charge in [-0.25, -0.2) is 4.98 Å². The largest absolute Gasteiger partial charge is 0.354 e. The average molecular weight is 379 g/mol. The van der Waals surface area contributed by atoms with Crippen molar-refractivity contribution < 1.29 is 0 Å². The summed E-state index contributed by atoms with van der Waals surface area (Å²) in [6.07, 6.45) is 3.05. The van der Waals surface area contributed by atoms with Gasteiger partial charge in [0.1, 0.15) is 5.82 Å². The topological polar surface area (TPSA) is 47.0 Å². The van der Waals surface area contributed by atoms with Crippen molar-refractivity contribution in [1.29, 1.82) is 0 Å². The molecule has 0 amide bonds. The van der Waals surface area contributed by atoms with E-state index in [0.717, 1.165) is 64.0 Å². The summed E-state index contributed by atoms with van der Waals surface area (Å²) < 4.78 is 0. The first-order chi connectivity index (χ1) is 13.7. The van der Waals surface area contributed by atoms with Gasteiger partial charge in [0.05, 0.1) is 0 Å². The molecule has 0 bridgehead atoms. The number of nitrogens with one attached hydrogen (secondary N) is 1. The van der Waals surface area contributed by atoms with Gasteiger partial charge in [-0.2, -0.15) is 0 Å². The molecule has 1 aromatic carbocycles. The number of aromatic nitrogens is 1. The number of benzene rings is 1. The van der Waals surface area contributed by atoms with E-state index in [1.54, 1.807) is 0 Å². The second-order valence-corrected chi connectivity index (χ2v) is 7.66. The third-order valence-corrected chi connectivity index (χ3v) is 5.73. The molecule has 0 unspecified atom stereocenters. The summed E-state index contributed by atoms with van der Waals surface area (Å²) >= 11 is 0. The van der Waals surface area contributed by atoms with E-state index in [9.17, 15) is 0 Å². The van der Waals surface area contributed by atoms with Gasteiger partial charge in [0.2, 0.25) is 0 Å². The fourth-order valence-corrected chi connectivity index (χ4v) is 3.93. The van der Waals surface area contributed by atoms with E-state index < -0.39 is 0 Å². The molecule has 2 aliphatic rings. The fourth-order valence-electron chi connectivity index (χ4n) is 3.93. The third-order valence-electron chi connectivity index (χ3n) is 5.73. The third kappa shape index (κ3) is 4.28. The Morgan fingerprint density at radius 1 is 1.04 bits per heavy atom. The number of nitrogens with zero attached hydrogens (tertiary/aromatic N) is 5. The smallest absolute Gasteiger partial charge is 0.194 e.